The third-order valence-electron chi connectivity index (χ3n) is 4.26. The summed E-state index contributed by atoms with van der Waals surface area (Å²) in [6.45, 7) is -0.234. The molecule has 0 bridgehead atoms. The van der Waals surface area contributed by atoms with Crippen molar-refractivity contribution < 1.29 is 18.0 Å². The number of aromatic nitrogens is 1. The largest absolute Gasteiger partial charge is 0.420 e. The van der Waals surface area contributed by atoms with Crippen LogP contribution in [-0.4, -0.2) is 10.5 Å². The van der Waals surface area contributed by atoms with Gasteiger partial charge in [-0.05, 0) is 35.7 Å². The van der Waals surface area contributed by atoms with Crippen molar-refractivity contribution in [1.29, 1.82) is 0 Å². The minimum absolute atomic E-state index is 0.0550. The average Bonchev–Trinajstić information content (AvgIpc) is 3.28. The third kappa shape index (κ3) is 3.46. The third-order valence-corrected chi connectivity index (χ3v) is 5.12. The van der Waals surface area contributed by atoms with E-state index in [0.29, 0.717) is 11.1 Å². The van der Waals surface area contributed by atoms with Crippen molar-refractivity contribution in [3.8, 4) is 0 Å². The second-order valence-corrected chi connectivity index (χ2v) is 7.11. The number of carbonyl (C=O) groups is 1. The maximum atomic E-state index is 14.4. The van der Waals surface area contributed by atoms with E-state index in [1.54, 1.807) is 24.3 Å². The van der Waals surface area contributed by atoms with Gasteiger partial charge in [-0.15, -0.1) is 11.3 Å². The van der Waals surface area contributed by atoms with Gasteiger partial charge in [-0.1, -0.05) is 18.2 Å². The Labute approximate surface area is 162 Å². The first-order valence-electron chi connectivity index (χ1n) is 8.39. The molecule has 0 aliphatic rings. The quantitative estimate of drug-likeness (QED) is 0.505. The van der Waals surface area contributed by atoms with E-state index in [1.807, 2.05) is 17.5 Å². The molecule has 0 fully saturated rings. The molecule has 0 saturated heterocycles. The fourth-order valence-electron chi connectivity index (χ4n) is 2.95. The molecule has 2 aromatic heterocycles. The fourth-order valence-corrected chi connectivity index (χ4v) is 3.64. The van der Waals surface area contributed by atoms with Crippen LogP contribution in [0.2, 0.25) is 0 Å². The lowest BCUT2D eigenvalue weighted by Gasteiger charge is -2.23. The lowest BCUT2D eigenvalue weighted by Crippen LogP contribution is -2.35. The zero-order chi connectivity index (χ0) is 19.7. The molecule has 0 saturated carbocycles. The number of benzene rings is 2. The van der Waals surface area contributed by atoms with E-state index >= 15 is 0 Å². The highest BCUT2D eigenvalue weighted by atomic mass is 32.1. The Balaban J connectivity index is 1.72. The Morgan fingerprint density at radius 2 is 1.93 bits per heavy atom. The van der Waals surface area contributed by atoms with Crippen molar-refractivity contribution in [1.82, 2.24) is 4.57 Å². The summed E-state index contributed by atoms with van der Waals surface area (Å²) in [5.74, 6) is -2.78. The first-order chi connectivity index (χ1) is 13.5. The number of para-hydroxylation sites is 2. The highest BCUT2D eigenvalue weighted by Gasteiger charge is 2.23. The molecule has 8 heteroatoms. The summed E-state index contributed by atoms with van der Waals surface area (Å²) < 4.78 is 34.0. The number of anilines is 1. The number of carbonyl (C=O) groups excluding carboxylic acids is 1. The van der Waals surface area contributed by atoms with Gasteiger partial charge in [-0.25, -0.2) is 13.6 Å². The molecule has 1 amide bonds. The van der Waals surface area contributed by atoms with Crippen molar-refractivity contribution in [2.24, 2.45) is 0 Å². The van der Waals surface area contributed by atoms with Crippen LogP contribution in [0.4, 0.5) is 14.5 Å². The predicted octanol–water partition coefficient (Wildman–Crippen LogP) is 4.17. The maximum Gasteiger partial charge on any atom is 0.420 e. The molecule has 28 heavy (non-hydrogen) atoms. The smallest absolute Gasteiger partial charge is 0.408 e. The molecule has 4 rings (SSSR count). The molecule has 0 aliphatic heterocycles. The second kappa shape index (κ2) is 7.40. The van der Waals surface area contributed by atoms with E-state index in [0.717, 1.165) is 17.0 Å². The molecule has 142 valence electrons. The molecular weight excluding hydrogens is 386 g/mol. The number of nitrogens with zero attached hydrogens (tertiary/aromatic N) is 2. The SMILES string of the molecule is O=C(Cn1c(=O)oc2ccccc21)N(Cc1cccs1)c1ccc(F)cc1F. The van der Waals surface area contributed by atoms with E-state index in [-0.39, 0.29) is 18.8 Å². The van der Waals surface area contributed by atoms with E-state index in [9.17, 15) is 18.4 Å². The van der Waals surface area contributed by atoms with Gasteiger partial charge in [0.05, 0.1) is 17.7 Å². The average molecular weight is 400 g/mol. The second-order valence-electron chi connectivity index (χ2n) is 6.08. The molecule has 2 heterocycles. The monoisotopic (exact) mass is 400 g/mol. The summed E-state index contributed by atoms with van der Waals surface area (Å²) in [6, 6.07) is 13.4. The number of rotatable bonds is 5. The molecule has 0 unspecified atom stereocenters. The van der Waals surface area contributed by atoms with Crippen LogP contribution in [-0.2, 0) is 17.9 Å². The standard InChI is InChI=1S/C20H14F2N2O3S/c21-13-7-8-16(15(22)10-13)23(11-14-4-3-9-28-14)19(25)12-24-17-5-1-2-6-18(17)27-20(24)26/h1-10H,11-12H2. The topological polar surface area (TPSA) is 55.5 Å². The summed E-state index contributed by atoms with van der Waals surface area (Å²) in [5, 5.41) is 1.84. The Morgan fingerprint density at radius 1 is 1.11 bits per heavy atom. The minimum Gasteiger partial charge on any atom is -0.408 e. The van der Waals surface area contributed by atoms with Gasteiger partial charge in [0, 0.05) is 10.9 Å². The summed E-state index contributed by atoms with van der Waals surface area (Å²) in [4.78, 5) is 27.2. The van der Waals surface area contributed by atoms with Gasteiger partial charge in [0.25, 0.3) is 0 Å². The zero-order valence-corrected chi connectivity index (χ0v) is 15.3. The normalized spacial score (nSPS) is 11.1. The molecule has 0 N–H and O–H groups in total. The number of fused-ring (bicyclic) bond motifs is 1. The van der Waals surface area contributed by atoms with Crippen LogP contribution in [0, 0.1) is 11.6 Å². The van der Waals surface area contributed by atoms with Crippen molar-refractivity contribution in [2.45, 2.75) is 13.1 Å². The molecule has 0 spiro atoms. The van der Waals surface area contributed by atoms with Crippen LogP contribution in [0.1, 0.15) is 4.88 Å². The van der Waals surface area contributed by atoms with Gasteiger partial charge in [0.2, 0.25) is 5.91 Å². The molecule has 0 atom stereocenters. The number of hydrogen-bond acceptors (Lipinski definition) is 4. The fraction of sp³-hybridized carbons (Fsp3) is 0.100. The van der Waals surface area contributed by atoms with Crippen LogP contribution in [0.5, 0.6) is 0 Å². The zero-order valence-electron chi connectivity index (χ0n) is 14.5. The van der Waals surface area contributed by atoms with Crippen LogP contribution in [0.3, 0.4) is 0 Å². The van der Waals surface area contributed by atoms with E-state index in [1.165, 1.54) is 26.9 Å². The summed E-state index contributed by atoms with van der Waals surface area (Å²) >= 11 is 1.41. The Hall–Kier alpha value is -3.26. The van der Waals surface area contributed by atoms with Crippen molar-refractivity contribution in [3.63, 3.8) is 0 Å². The summed E-state index contributed by atoms with van der Waals surface area (Å²) in [5.41, 5.74) is 0.773. The highest BCUT2D eigenvalue weighted by Crippen LogP contribution is 2.24. The molecule has 2 aromatic carbocycles. The first-order valence-corrected chi connectivity index (χ1v) is 9.27. The number of amides is 1. The Bertz CT molecular complexity index is 1200. The lowest BCUT2D eigenvalue weighted by atomic mass is 10.2. The maximum absolute atomic E-state index is 14.4. The summed E-state index contributed by atoms with van der Waals surface area (Å²) in [6.07, 6.45) is 0. The van der Waals surface area contributed by atoms with Gasteiger partial charge in [0.15, 0.2) is 5.58 Å². The number of hydrogen-bond donors (Lipinski definition) is 0. The van der Waals surface area contributed by atoms with E-state index < -0.39 is 23.3 Å². The molecular formula is C20H14F2N2O3S. The molecule has 0 radical (unpaired) electrons. The van der Waals surface area contributed by atoms with Crippen LogP contribution < -0.4 is 10.7 Å². The van der Waals surface area contributed by atoms with Gasteiger partial charge >= 0.3 is 5.76 Å². The van der Waals surface area contributed by atoms with E-state index in [2.05, 4.69) is 0 Å². The van der Waals surface area contributed by atoms with Crippen LogP contribution in [0.25, 0.3) is 11.1 Å². The van der Waals surface area contributed by atoms with Gasteiger partial charge < -0.3 is 9.32 Å². The molecule has 0 aliphatic carbocycles. The van der Waals surface area contributed by atoms with Crippen molar-refractivity contribution in [2.75, 3.05) is 4.90 Å². The Morgan fingerprint density at radius 3 is 2.68 bits per heavy atom. The van der Waals surface area contributed by atoms with Crippen molar-refractivity contribution >= 4 is 34.0 Å². The van der Waals surface area contributed by atoms with Gasteiger partial charge in [-0.3, -0.25) is 9.36 Å². The van der Waals surface area contributed by atoms with Crippen LogP contribution in [0.15, 0.2) is 69.2 Å². The van der Waals surface area contributed by atoms with Gasteiger partial charge in [0.1, 0.15) is 18.2 Å². The van der Waals surface area contributed by atoms with Crippen LogP contribution >= 0.6 is 11.3 Å². The predicted molar refractivity (Wildman–Crippen MR) is 102 cm³/mol. The Kier molecular flexibility index (Phi) is 4.79. The molecule has 5 nitrogen and oxygen atoms in total. The lowest BCUT2D eigenvalue weighted by molar-refractivity contribution is -0.119. The summed E-state index contributed by atoms with van der Waals surface area (Å²) in [7, 11) is 0. The van der Waals surface area contributed by atoms with E-state index in [4.69, 9.17) is 4.42 Å². The first kappa shape index (κ1) is 18.1. The number of oxazole rings is 1. The number of halogens is 2. The molecule has 4 aromatic rings. The minimum atomic E-state index is -0.852. The van der Waals surface area contributed by atoms with Gasteiger partial charge in [-0.2, -0.15) is 0 Å². The van der Waals surface area contributed by atoms with Crippen molar-refractivity contribution in [3.05, 3.63) is 87.0 Å². The number of thiophene rings is 1. The highest BCUT2D eigenvalue weighted by molar-refractivity contribution is 7.09.